The second-order valence-corrected chi connectivity index (χ2v) is 7.17. The fraction of sp³-hybridized carbons (Fsp3) is 0.429. The predicted octanol–water partition coefficient (Wildman–Crippen LogP) is 3.04. The van der Waals surface area contributed by atoms with Gasteiger partial charge in [0.05, 0.1) is 0 Å². The van der Waals surface area contributed by atoms with Crippen LogP contribution in [0.2, 0.25) is 0 Å². The third-order valence-electron chi connectivity index (χ3n) is 5.20. The minimum atomic E-state index is -0.317. The van der Waals surface area contributed by atoms with Crippen LogP contribution < -0.4 is 9.64 Å². The van der Waals surface area contributed by atoms with E-state index in [2.05, 4.69) is 16.0 Å². The molecule has 0 N–H and O–H groups in total. The van der Waals surface area contributed by atoms with Crippen molar-refractivity contribution < 1.29 is 13.9 Å². The van der Waals surface area contributed by atoms with Crippen LogP contribution >= 0.6 is 0 Å². The van der Waals surface area contributed by atoms with Crippen molar-refractivity contribution in [2.45, 2.75) is 31.8 Å². The number of para-hydroxylation sites is 1. The molecule has 2 aromatic rings. The van der Waals surface area contributed by atoms with Crippen molar-refractivity contribution in [1.29, 1.82) is 0 Å². The Morgan fingerprint density at radius 3 is 2.81 bits per heavy atom. The topological polar surface area (TPSA) is 45.7 Å². The molecule has 4 rings (SSSR count). The summed E-state index contributed by atoms with van der Waals surface area (Å²) in [4.78, 5) is 20.8. The summed E-state index contributed by atoms with van der Waals surface area (Å²) in [6.45, 7) is 3.20. The number of amides is 1. The lowest BCUT2D eigenvalue weighted by Crippen LogP contribution is -2.54. The summed E-state index contributed by atoms with van der Waals surface area (Å²) in [7, 11) is 0. The van der Waals surface area contributed by atoms with Crippen molar-refractivity contribution in [3.05, 3.63) is 54.0 Å². The Morgan fingerprint density at radius 1 is 1.15 bits per heavy atom. The summed E-state index contributed by atoms with van der Waals surface area (Å²) in [5.41, 5.74) is 1.10. The Kier molecular flexibility index (Phi) is 5.34. The largest absolute Gasteiger partial charge is 0.485 e. The standard InChI is InChI=1S/C21H24FN3O2/c22-18-7-1-2-8-19(18)27-17-14-24(15-17)13-10-16-6-5-11-23-21(16)25-12-4-3-9-20(25)26/h1-2,5-8,11,17H,3-4,9-10,12-15H2. The molecule has 3 heterocycles. The van der Waals surface area contributed by atoms with Crippen molar-refractivity contribution in [3.63, 3.8) is 0 Å². The van der Waals surface area contributed by atoms with Crippen molar-refractivity contribution >= 4 is 11.7 Å². The van der Waals surface area contributed by atoms with Crippen LogP contribution in [-0.2, 0) is 11.2 Å². The van der Waals surface area contributed by atoms with Crippen LogP contribution in [0, 0.1) is 5.82 Å². The van der Waals surface area contributed by atoms with Gasteiger partial charge in [-0.1, -0.05) is 18.2 Å². The summed E-state index contributed by atoms with van der Waals surface area (Å²) in [5, 5.41) is 0. The maximum atomic E-state index is 13.7. The Labute approximate surface area is 158 Å². The number of nitrogens with zero attached hydrogens (tertiary/aromatic N) is 3. The van der Waals surface area contributed by atoms with E-state index >= 15 is 0 Å². The van der Waals surface area contributed by atoms with Crippen LogP contribution in [0.1, 0.15) is 24.8 Å². The number of carbonyl (C=O) groups is 1. The monoisotopic (exact) mass is 369 g/mol. The molecule has 0 saturated carbocycles. The average Bonchev–Trinajstić information content (AvgIpc) is 2.66. The SMILES string of the molecule is O=C1CCCCN1c1ncccc1CCN1CC(Oc2ccccc2F)C1. The zero-order valence-electron chi connectivity index (χ0n) is 15.3. The Bertz CT molecular complexity index is 808. The van der Waals surface area contributed by atoms with Gasteiger partial charge in [0.1, 0.15) is 11.9 Å². The summed E-state index contributed by atoms with van der Waals surface area (Å²) in [5.74, 6) is 0.979. The van der Waals surface area contributed by atoms with Gasteiger partial charge >= 0.3 is 0 Å². The first-order chi connectivity index (χ1) is 13.2. The van der Waals surface area contributed by atoms with E-state index in [1.165, 1.54) is 6.07 Å². The van der Waals surface area contributed by atoms with Gasteiger partial charge in [-0.05, 0) is 43.0 Å². The van der Waals surface area contributed by atoms with Gasteiger partial charge in [-0.25, -0.2) is 9.37 Å². The number of rotatable bonds is 6. The molecule has 27 heavy (non-hydrogen) atoms. The highest BCUT2D eigenvalue weighted by Crippen LogP contribution is 2.25. The van der Waals surface area contributed by atoms with E-state index in [4.69, 9.17) is 4.74 Å². The number of likely N-dealkylation sites (tertiary alicyclic amines) is 1. The third-order valence-corrected chi connectivity index (χ3v) is 5.20. The van der Waals surface area contributed by atoms with Crippen LogP contribution in [0.4, 0.5) is 10.2 Å². The van der Waals surface area contributed by atoms with Crippen LogP contribution in [0.25, 0.3) is 0 Å². The zero-order valence-corrected chi connectivity index (χ0v) is 15.3. The van der Waals surface area contributed by atoms with E-state index in [1.54, 1.807) is 24.4 Å². The molecular formula is C21H24FN3O2. The molecule has 1 amide bonds. The Balaban J connectivity index is 1.30. The minimum absolute atomic E-state index is 0.0268. The maximum absolute atomic E-state index is 13.7. The van der Waals surface area contributed by atoms with Crippen LogP contribution in [0.3, 0.4) is 0 Å². The normalized spacial score (nSPS) is 18.4. The van der Waals surface area contributed by atoms with Gasteiger partial charge in [0.25, 0.3) is 0 Å². The number of halogens is 1. The Hall–Kier alpha value is -2.47. The third kappa shape index (κ3) is 4.11. The van der Waals surface area contributed by atoms with E-state index in [1.807, 2.05) is 11.0 Å². The molecule has 2 fully saturated rings. The molecule has 1 aromatic heterocycles. The van der Waals surface area contributed by atoms with E-state index < -0.39 is 0 Å². The maximum Gasteiger partial charge on any atom is 0.228 e. The summed E-state index contributed by atoms with van der Waals surface area (Å²) in [6.07, 6.45) is 5.22. The molecule has 0 atom stereocenters. The quantitative estimate of drug-likeness (QED) is 0.785. The van der Waals surface area contributed by atoms with Crippen LogP contribution in [-0.4, -0.2) is 48.1 Å². The number of pyridine rings is 1. The number of piperidine rings is 1. The zero-order chi connectivity index (χ0) is 18.6. The van der Waals surface area contributed by atoms with E-state index in [0.29, 0.717) is 12.2 Å². The molecular weight excluding hydrogens is 345 g/mol. The first-order valence-corrected chi connectivity index (χ1v) is 9.58. The molecule has 0 unspecified atom stereocenters. The van der Waals surface area contributed by atoms with Gasteiger partial charge in [-0.2, -0.15) is 0 Å². The molecule has 1 aromatic carbocycles. The lowest BCUT2D eigenvalue weighted by Gasteiger charge is -2.39. The van der Waals surface area contributed by atoms with E-state index in [0.717, 1.165) is 56.8 Å². The van der Waals surface area contributed by atoms with Gasteiger partial charge < -0.3 is 4.74 Å². The van der Waals surface area contributed by atoms with Crippen molar-refractivity contribution in [2.75, 3.05) is 31.1 Å². The van der Waals surface area contributed by atoms with Crippen molar-refractivity contribution in [2.24, 2.45) is 0 Å². The highest BCUT2D eigenvalue weighted by Gasteiger charge is 2.29. The minimum Gasteiger partial charge on any atom is -0.485 e. The number of anilines is 1. The molecule has 0 aliphatic carbocycles. The van der Waals surface area contributed by atoms with E-state index in [9.17, 15) is 9.18 Å². The molecule has 0 spiro atoms. The number of ether oxygens (including phenoxy) is 1. The van der Waals surface area contributed by atoms with Gasteiger partial charge in [0.15, 0.2) is 11.6 Å². The molecule has 2 aliphatic heterocycles. The summed E-state index contributed by atoms with van der Waals surface area (Å²) in [6, 6.07) is 10.5. The second-order valence-electron chi connectivity index (χ2n) is 7.17. The number of hydrogen-bond acceptors (Lipinski definition) is 4. The molecule has 0 bridgehead atoms. The number of aromatic nitrogens is 1. The summed E-state index contributed by atoms with van der Waals surface area (Å²) >= 11 is 0. The highest BCUT2D eigenvalue weighted by molar-refractivity contribution is 5.93. The first kappa shape index (κ1) is 17.9. The molecule has 2 aliphatic rings. The number of hydrogen-bond donors (Lipinski definition) is 0. The van der Waals surface area contributed by atoms with Crippen molar-refractivity contribution in [1.82, 2.24) is 9.88 Å². The van der Waals surface area contributed by atoms with Crippen molar-refractivity contribution in [3.8, 4) is 5.75 Å². The fourth-order valence-corrected chi connectivity index (χ4v) is 3.68. The van der Waals surface area contributed by atoms with Gasteiger partial charge in [0.2, 0.25) is 5.91 Å². The first-order valence-electron chi connectivity index (χ1n) is 9.58. The number of benzene rings is 1. The van der Waals surface area contributed by atoms with Gasteiger partial charge in [-0.15, -0.1) is 0 Å². The second kappa shape index (κ2) is 8.05. The lowest BCUT2D eigenvalue weighted by molar-refractivity contribution is -0.119. The lowest BCUT2D eigenvalue weighted by atomic mass is 10.1. The average molecular weight is 369 g/mol. The van der Waals surface area contributed by atoms with Gasteiger partial charge in [0, 0.05) is 38.8 Å². The molecule has 6 heteroatoms. The molecule has 142 valence electrons. The molecule has 5 nitrogen and oxygen atoms in total. The highest BCUT2D eigenvalue weighted by atomic mass is 19.1. The van der Waals surface area contributed by atoms with E-state index in [-0.39, 0.29) is 17.8 Å². The molecule has 0 radical (unpaired) electrons. The van der Waals surface area contributed by atoms with Crippen LogP contribution in [0.5, 0.6) is 5.75 Å². The Morgan fingerprint density at radius 2 is 2.00 bits per heavy atom. The summed E-state index contributed by atoms with van der Waals surface area (Å²) < 4.78 is 19.4. The van der Waals surface area contributed by atoms with Gasteiger partial charge in [-0.3, -0.25) is 14.6 Å². The smallest absolute Gasteiger partial charge is 0.228 e. The molecule has 2 saturated heterocycles. The number of carbonyl (C=O) groups excluding carboxylic acids is 1. The fourth-order valence-electron chi connectivity index (χ4n) is 3.68. The van der Waals surface area contributed by atoms with Crippen LogP contribution in [0.15, 0.2) is 42.6 Å². The predicted molar refractivity (Wildman–Crippen MR) is 101 cm³/mol.